The number of ether oxygens (including phenoxy) is 1. The van der Waals surface area contributed by atoms with Gasteiger partial charge in [-0.1, -0.05) is 24.3 Å². The van der Waals surface area contributed by atoms with Crippen LogP contribution in [0.3, 0.4) is 0 Å². The molecule has 0 spiro atoms. The minimum Gasteiger partial charge on any atom is -0.454 e. The van der Waals surface area contributed by atoms with E-state index in [1.807, 2.05) is 0 Å². The number of benzene rings is 2. The number of Topliss-reactive ketones (excluding diaryl/α,β-unsaturated/α-hetero) is 1. The lowest BCUT2D eigenvalue weighted by Crippen LogP contribution is -2.24. The number of esters is 1. The molecule has 1 fully saturated rings. The number of ketones is 1. The zero-order valence-corrected chi connectivity index (χ0v) is 15.2. The Hall–Kier alpha value is -3.55. The molecule has 28 heavy (non-hydrogen) atoms. The fourth-order valence-electron chi connectivity index (χ4n) is 3.13. The Bertz CT molecular complexity index is 969. The average molecular weight is 382 g/mol. The van der Waals surface area contributed by atoms with Crippen molar-refractivity contribution in [2.75, 3.05) is 18.1 Å². The Labute approximate surface area is 160 Å². The average Bonchev–Trinajstić information content (AvgIpc) is 3.11. The van der Waals surface area contributed by atoms with Gasteiger partial charge >= 0.3 is 5.97 Å². The number of amides is 1. The molecule has 0 N–H and O–H groups in total. The lowest BCUT2D eigenvalue weighted by atomic mass is 10.1. The van der Waals surface area contributed by atoms with Crippen LogP contribution >= 0.6 is 0 Å². The fraction of sp³-hybridized carbons (Fsp3) is 0.250. The molecule has 0 radical (unpaired) electrons. The summed E-state index contributed by atoms with van der Waals surface area (Å²) in [5.41, 5.74) is 0.704. The van der Waals surface area contributed by atoms with Gasteiger partial charge in [-0.2, -0.15) is 0 Å². The number of anilines is 1. The van der Waals surface area contributed by atoms with Crippen LogP contribution in [0.5, 0.6) is 0 Å². The molecule has 1 aliphatic heterocycles. The molecule has 144 valence electrons. The molecule has 0 saturated carbocycles. The van der Waals surface area contributed by atoms with E-state index >= 15 is 0 Å². The molecule has 0 unspecified atom stereocenters. The van der Waals surface area contributed by atoms with Crippen LogP contribution in [0.4, 0.5) is 11.4 Å². The predicted octanol–water partition coefficient (Wildman–Crippen LogP) is 3.07. The monoisotopic (exact) mass is 382 g/mol. The second kappa shape index (κ2) is 7.99. The molecule has 1 aliphatic rings. The van der Waals surface area contributed by atoms with Gasteiger partial charge in [0, 0.05) is 29.8 Å². The molecule has 1 amide bonds. The largest absolute Gasteiger partial charge is 0.454 e. The van der Waals surface area contributed by atoms with E-state index in [0.29, 0.717) is 29.8 Å². The van der Waals surface area contributed by atoms with Gasteiger partial charge in [0.1, 0.15) is 5.56 Å². The molecule has 2 aromatic carbocycles. The van der Waals surface area contributed by atoms with Gasteiger partial charge in [-0.3, -0.25) is 19.7 Å². The number of hydrogen-bond donors (Lipinski definition) is 0. The molecular formula is C20H18N2O6. The van der Waals surface area contributed by atoms with Crippen molar-refractivity contribution in [1.82, 2.24) is 0 Å². The number of nitro benzene ring substituents is 1. The SMILES string of the molecule is Cc1cccc(C(=O)OCC(=O)c2cccc(N3CCCC3=O)c2)c1[N+](=O)[O-]. The highest BCUT2D eigenvalue weighted by Crippen LogP contribution is 2.24. The normalized spacial score (nSPS) is 13.5. The standard InChI is InChI=1S/C20H18N2O6/c1-13-5-2-8-16(19(13)22(26)27)20(25)28-12-17(23)14-6-3-7-15(11-14)21-10-4-9-18(21)24/h2-3,5-8,11H,4,9-10,12H2,1H3. The highest BCUT2D eigenvalue weighted by atomic mass is 16.6. The van der Waals surface area contributed by atoms with Gasteiger partial charge in [0.2, 0.25) is 5.91 Å². The molecule has 2 aromatic rings. The lowest BCUT2D eigenvalue weighted by Gasteiger charge is -2.16. The van der Waals surface area contributed by atoms with Crippen molar-refractivity contribution < 1.29 is 24.0 Å². The molecule has 0 atom stereocenters. The molecule has 0 aromatic heterocycles. The fourth-order valence-corrected chi connectivity index (χ4v) is 3.13. The third-order valence-corrected chi connectivity index (χ3v) is 4.53. The van der Waals surface area contributed by atoms with Crippen molar-refractivity contribution in [3.05, 3.63) is 69.3 Å². The number of carbonyl (C=O) groups excluding carboxylic acids is 3. The summed E-state index contributed by atoms with van der Waals surface area (Å²) in [7, 11) is 0. The van der Waals surface area contributed by atoms with Gasteiger partial charge in [-0.05, 0) is 31.5 Å². The first-order valence-corrected chi connectivity index (χ1v) is 8.73. The van der Waals surface area contributed by atoms with Gasteiger partial charge in [0.25, 0.3) is 5.69 Å². The quantitative estimate of drug-likeness (QED) is 0.329. The Morgan fingerprint density at radius 3 is 2.64 bits per heavy atom. The number of aryl methyl sites for hydroxylation is 1. The van der Waals surface area contributed by atoms with Gasteiger partial charge in [0.05, 0.1) is 4.92 Å². The topological polar surface area (TPSA) is 107 Å². The zero-order valence-electron chi connectivity index (χ0n) is 15.2. The summed E-state index contributed by atoms with van der Waals surface area (Å²) in [6.45, 7) is 1.56. The summed E-state index contributed by atoms with van der Waals surface area (Å²) in [6.07, 6.45) is 1.24. The van der Waals surface area contributed by atoms with Gasteiger partial charge < -0.3 is 9.64 Å². The zero-order chi connectivity index (χ0) is 20.3. The summed E-state index contributed by atoms with van der Waals surface area (Å²) in [6, 6.07) is 10.9. The molecule has 8 nitrogen and oxygen atoms in total. The maximum Gasteiger partial charge on any atom is 0.345 e. The van der Waals surface area contributed by atoms with Crippen molar-refractivity contribution in [2.24, 2.45) is 0 Å². The van der Waals surface area contributed by atoms with Crippen LogP contribution in [-0.2, 0) is 9.53 Å². The number of hydrogen-bond acceptors (Lipinski definition) is 6. The Kier molecular flexibility index (Phi) is 5.49. The van der Waals surface area contributed by atoms with Crippen molar-refractivity contribution in [3.8, 4) is 0 Å². The van der Waals surface area contributed by atoms with Crippen LogP contribution in [0.25, 0.3) is 0 Å². The molecule has 1 heterocycles. The van der Waals surface area contributed by atoms with E-state index in [9.17, 15) is 24.5 Å². The van der Waals surface area contributed by atoms with E-state index in [1.165, 1.54) is 25.1 Å². The highest BCUT2D eigenvalue weighted by molar-refractivity contribution is 6.02. The summed E-state index contributed by atoms with van der Waals surface area (Å²) < 4.78 is 5.00. The molecular weight excluding hydrogens is 364 g/mol. The maximum atomic E-state index is 12.4. The van der Waals surface area contributed by atoms with Gasteiger partial charge in [-0.25, -0.2) is 4.79 Å². The molecule has 0 aliphatic carbocycles. The Balaban J connectivity index is 1.71. The minimum absolute atomic E-state index is 0.00258. The van der Waals surface area contributed by atoms with Gasteiger partial charge in [-0.15, -0.1) is 0 Å². The van der Waals surface area contributed by atoms with E-state index in [-0.39, 0.29) is 17.2 Å². The van der Waals surface area contributed by atoms with E-state index in [0.717, 1.165) is 6.42 Å². The first-order chi connectivity index (χ1) is 13.4. The number of rotatable bonds is 6. The number of nitrogens with zero attached hydrogens (tertiary/aromatic N) is 2. The number of carbonyl (C=O) groups is 3. The van der Waals surface area contributed by atoms with E-state index in [2.05, 4.69) is 0 Å². The molecule has 1 saturated heterocycles. The smallest absolute Gasteiger partial charge is 0.345 e. The number of nitro groups is 1. The van der Waals surface area contributed by atoms with Crippen molar-refractivity contribution in [1.29, 1.82) is 0 Å². The van der Waals surface area contributed by atoms with Crippen molar-refractivity contribution in [3.63, 3.8) is 0 Å². The Morgan fingerprint density at radius 2 is 1.96 bits per heavy atom. The first-order valence-electron chi connectivity index (χ1n) is 8.73. The third-order valence-electron chi connectivity index (χ3n) is 4.53. The third kappa shape index (κ3) is 3.90. The van der Waals surface area contributed by atoms with Crippen molar-refractivity contribution in [2.45, 2.75) is 19.8 Å². The first kappa shape index (κ1) is 19.2. The van der Waals surface area contributed by atoms with Crippen LogP contribution in [-0.4, -0.2) is 35.7 Å². The van der Waals surface area contributed by atoms with Crippen LogP contribution in [0.15, 0.2) is 42.5 Å². The minimum atomic E-state index is -0.936. The van der Waals surface area contributed by atoms with Crippen LogP contribution < -0.4 is 4.90 Å². The van der Waals surface area contributed by atoms with Crippen LogP contribution in [0.2, 0.25) is 0 Å². The summed E-state index contributed by atoms with van der Waals surface area (Å²) in [5.74, 6) is -1.39. The second-order valence-corrected chi connectivity index (χ2v) is 6.43. The van der Waals surface area contributed by atoms with E-state index < -0.39 is 23.3 Å². The van der Waals surface area contributed by atoms with Crippen molar-refractivity contribution >= 4 is 29.0 Å². The second-order valence-electron chi connectivity index (χ2n) is 6.43. The van der Waals surface area contributed by atoms with Crippen LogP contribution in [0, 0.1) is 17.0 Å². The number of para-hydroxylation sites is 1. The summed E-state index contributed by atoms with van der Waals surface area (Å²) >= 11 is 0. The molecule has 0 bridgehead atoms. The Morgan fingerprint density at radius 1 is 1.21 bits per heavy atom. The highest BCUT2D eigenvalue weighted by Gasteiger charge is 2.25. The summed E-state index contributed by atoms with van der Waals surface area (Å²) in [5, 5.41) is 11.2. The van der Waals surface area contributed by atoms with E-state index in [4.69, 9.17) is 4.74 Å². The molecule has 8 heteroatoms. The predicted molar refractivity (Wildman–Crippen MR) is 100 cm³/mol. The van der Waals surface area contributed by atoms with Gasteiger partial charge in [0.15, 0.2) is 12.4 Å². The molecule has 3 rings (SSSR count). The summed E-state index contributed by atoms with van der Waals surface area (Å²) in [4.78, 5) is 48.7. The maximum absolute atomic E-state index is 12.4. The lowest BCUT2D eigenvalue weighted by molar-refractivity contribution is -0.385. The van der Waals surface area contributed by atoms with E-state index in [1.54, 1.807) is 29.2 Å². The van der Waals surface area contributed by atoms with Crippen LogP contribution in [0.1, 0.15) is 39.1 Å².